The molecule has 1 amide bonds. The lowest BCUT2D eigenvalue weighted by atomic mass is 9.87. The van der Waals surface area contributed by atoms with Crippen LogP contribution in [0.1, 0.15) is 36.0 Å². The lowest BCUT2D eigenvalue weighted by molar-refractivity contribution is -0.120. The van der Waals surface area contributed by atoms with Gasteiger partial charge in [-0.05, 0) is 35.6 Å². The van der Waals surface area contributed by atoms with E-state index >= 15 is 0 Å². The fourth-order valence-corrected chi connectivity index (χ4v) is 3.79. The summed E-state index contributed by atoms with van der Waals surface area (Å²) in [6.07, 6.45) is 5.48. The third kappa shape index (κ3) is 3.02. The number of hydrogen-bond donors (Lipinski definition) is 1. The molecule has 0 spiro atoms. The van der Waals surface area contributed by atoms with Gasteiger partial charge in [0, 0.05) is 31.7 Å². The van der Waals surface area contributed by atoms with Crippen LogP contribution in [0.5, 0.6) is 0 Å². The minimum Gasteiger partial charge on any atom is -0.377 e. The quantitative estimate of drug-likeness (QED) is 0.900. The predicted octanol–water partition coefficient (Wildman–Crippen LogP) is 2.65. The van der Waals surface area contributed by atoms with E-state index in [-0.39, 0.29) is 17.4 Å². The van der Waals surface area contributed by atoms with Crippen molar-refractivity contribution >= 4 is 11.6 Å². The van der Waals surface area contributed by atoms with Crippen molar-refractivity contribution in [3.63, 3.8) is 0 Å². The summed E-state index contributed by atoms with van der Waals surface area (Å²) >= 11 is 0. The van der Waals surface area contributed by atoms with E-state index in [1.807, 2.05) is 37.6 Å². The van der Waals surface area contributed by atoms with Crippen molar-refractivity contribution in [1.29, 1.82) is 0 Å². The van der Waals surface area contributed by atoms with Crippen molar-refractivity contribution in [2.45, 2.75) is 37.8 Å². The highest BCUT2D eigenvalue weighted by Gasteiger charge is 2.36. The number of anilines is 1. The number of amides is 1. The Balaban J connectivity index is 1.54. The Morgan fingerprint density at radius 2 is 2.12 bits per heavy atom. The van der Waals surface area contributed by atoms with E-state index in [2.05, 4.69) is 29.4 Å². The molecular weight excluding hydrogens is 326 g/mol. The summed E-state index contributed by atoms with van der Waals surface area (Å²) in [5.41, 5.74) is 4.41. The molecule has 2 aliphatic rings. The number of nitrogens with one attached hydrogen (secondary N) is 1. The van der Waals surface area contributed by atoms with Crippen molar-refractivity contribution in [2.75, 3.05) is 25.2 Å². The van der Waals surface area contributed by atoms with Gasteiger partial charge in [0.05, 0.1) is 24.7 Å². The zero-order valence-corrected chi connectivity index (χ0v) is 15.4. The van der Waals surface area contributed by atoms with Crippen LogP contribution < -0.4 is 10.2 Å². The van der Waals surface area contributed by atoms with Crippen LogP contribution in [-0.4, -0.2) is 36.7 Å². The van der Waals surface area contributed by atoms with Gasteiger partial charge in [-0.15, -0.1) is 0 Å². The van der Waals surface area contributed by atoms with E-state index < -0.39 is 0 Å². The van der Waals surface area contributed by atoms with E-state index in [1.54, 1.807) is 4.90 Å². The Hall–Kier alpha value is -2.24. The van der Waals surface area contributed by atoms with Gasteiger partial charge in [0.15, 0.2) is 0 Å². The van der Waals surface area contributed by atoms with Crippen LogP contribution in [0.25, 0.3) is 0 Å². The first kappa shape index (κ1) is 17.2. The van der Waals surface area contributed by atoms with Crippen molar-refractivity contribution in [1.82, 2.24) is 10.3 Å². The normalized spacial score (nSPS) is 21.2. The van der Waals surface area contributed by atoms with Crippen LogP contribution in [0.3, 0.4) is 0 Å². The van der Waals surface area contributed by atoms with Gasteiger partial charge in [-0.25, -0.2) is 0 Å². The highest BCUT2D eigenvalue weighted by atomic mass is 16.5. The molecule has 5 heteroatoms. The minimum absolute atomic E-state index is 0.0931. The molecular formula is C21H25N3O2. The van der Waals surface area contributed by atoms with Gasteiger partial charge in [-0.2, -0.15) is 0 Å². The molecule has 0 saturated carbocycles. The van der Waals surface area contributed by atoms with E-state index in [0.29, 0.717) is 0 Å². The highest BCUT2D eigenvalue weighted by molar-refractivity contribution is 6.00. The van der Waals surface area contributed by atoms with Gasteiger partial charge in [-0.1, -0.05) is 31.2 Å². The van der Waals surface area contributed by atoms with Gasteiger partial charge < -0.3 is 15.0 Å². The zero-order chi connectivity index (χ0) is 18.1. The highest BCUT2D eigenvalue weighted by Crippen LogP contribution is 2.34. The summed E-state index contributed by atoms with van der Waals surface area (Å²) in [7, 11) is 1.85. The molecule has 1 aromatic carbocycles. The second-order valence-corrected chi connectivity index (χ2v) is 7.39. The van der Waals surface area contributed by atoms with E-state index in [0.717, 1.165) is 49.4 Å². The zero-order valence-electron chi connectivity index (χ0n) is 15.4. The van der Waals surface area contributed by atoms with Gasteiger partial charge in [-0.3, -0.25) is 9.78 Å². The largest absolute Gasteiger partial charge is 0.377 e. The van der Waals surface area contributed by atoms with E-state index in [4.69, 9.17) is 4.74 Å². The average Bonchev–Trinajstić information content (AvgIpc) is 2.64. The Kier molecular flexibility index (Phi) is 4.51. The fourth-order valence-electron chi connectivity index (χ4n) is 3.79. The molecule has 1 unspecified atom stereocenters. The number of ether oxygens (including phenoxy) is 1. The molecule has 26 heavy (non-hydrogen) atoms. The van der Waals surface area contributed by atoms with Crippen LogP contribution in [0, 0.1) is 0 Å². The number of nitrogens with zero attached hydrogens (tertiary/aromatic N) is 2. The first-order valence-corrected chi connectivity index (χ1v) is 9.24. The Morgan fingerprint density at radius 1 is 1.31 bits per heavy atom. The second-order valence-electron chi connectivity index (χ2n) is 7.39. The second kappa shape index (κ2) is 6.82. The number of benzene rings is 1. The van der Waals surface area contributed by atoms with Gasteiger partial charge in [0.25, 0.3) is 0 Å². The van der Waals surface area contributed by atoms with Gasteiger partial charge in [0.2, 0.25) is 5.91 Å². The fraction of sp³-hybridized carbons (Fsp3) is 0.429. The van der Waals surface area contributed by atoms with E-state index in [1.165, 1.54) is 5.56 Å². The SMILES string of the molecule is CCC1(NCc2cncc(C3Cc4ccccc4N(C)C3=O)c2)COC1. The molecule has 3 heterocycles. The van der Waals surface area contributed by atoms with Crippen LogP contribution in [0.4, 0.5) is 5.69 Å². The monoisotopic (exact) mass is 351 g/mol. The molecule has 1 saturated heterocycles. The van der Waals surface area contributed by atoms with Crippen molar-refractivity contribution in [3.8, 4) is 0 Å². The topological polar surface area (TPSA) is 54.5 Å². The molecule has 1 aromatic heterocycles. The molecule has 1 fully saturated rings. The molecule has 0 radical (unpaired) electrons. The van der Waals surface area contributed by atoms with Crippen LogP contribution >= 0.6 is 0 Å². The molecule has 5 nitrogen and oxygen atoms in total. The number of aromatic nitrogens is 1. The molecule has 136 valence electrons. The first-order valence-electron chi connectivity index (χ1n) is 9.24. The molecule has 4 rings (SSSR count). The first-order chi connectivity index (χ1) is 12.6. The summed E-state index contributed by atoms with van der Waals surface area (Å²) in [6, 6.07) is 10.2. The third-order valence-corrected chi connectivity index (χ3v) is 5.73. The third-order valence-electron chi connectivity index (χ3n) is 5.73. The van der Waals surface area contributed by atoms with Crippen LogP contribution in [-0.2, 0) is 22.5 Å². The van der Waals surface area contributed by atoms with Crippen LogP contribution in [0.15, 0.2) is 42.7 Å². The minimum atomic E-state index is -0.172. The maximum absolute atomic E-state index is 12.9. The molecule has 2 aromatic rings. The number of carbonyl (C=O) groups excluding carboxylic acids is 1. The smallest absolute Gasteiger partial charge is 0.234 e. The van der Waals surface area contributed by atoms with Gasteiger partial charge in [0.1, 0.15) is 0 Å². The number of likely N-dealkylation sites (N-methyl/N-ethyl adjacent to an activating group) is 1. The lowest BCUT2D eigenvalue weighted by Gasteiger charge is -2.41. The summed E-state index contributed by atoms with van der Waals surface area (Å²) in [5.74, 6) is -0.0393. The predicted molar refractivity (Wildman–Crippen MR) is 101 cm³/mol. The number of para-hydroxylation sites is 1. The Morgan fingerprint density at radius 3 is 2.85 bits per heavy atom. The molecule has 1 atom stereocenters. The van der Waals surface area contributed by atoms with Gasteiger partial charge >= 0.3 is 0 Å². The summed E-state index contributed by atoms with van der Waals surface area (Å²) in [6.45, 7) is 4.45. The van der Waals surface area contributed by atoms with Crippen LogP contribution in [0.2, 0.25) is 0 Å². The number of pyridine rings is 1. The maximum Gasteiger partial charge on any atom is 0.234 e. The number of hydrogen-bond acceptors (Lipinski definition) is 4. The van der Waals surface area contributed by atoms with Crippen molar-refractivity contribution in [3.05, 3.63) is 59.4 Å². The average molecular weight is 351 g/mol. The maximum atomic E-state index is 12.9. The summed E-state index contributed by atoms with van der Waals surface area (Å²) in [4.78, 5) is 19.1. The van der Waals surface area contributed by atoms with Crippen molar-refractivity contribution in [2.24, 2.45) is 0 Å². The Labute approximate surface area is 154 Å². The van der Waals surface area contributed by atoms with E-state index in [9.17, 15) is 4.79 Å². The Bertz CT molecular complexity index is 811. The number of rotatable bonds is 5. The summed E-state index contributed by atoms with van der Waals surface area (Å²) < 4.78 is 5.37. The number of carbonyl (C=O) groups is 1. The van der Waals surface area contributed by atoms with Crippen molar-refractivity contribution < 1.29 is 9.53 Å². The molecule has 0 bridgehead atoms. The molecule has 1 N–H and O–H groups in total. The standard InChI is InChI=1S/C21H25N3O2/c1-3-21(13-26-14-21)23-11-15-8-17(12-22-10-15)18-9-16-6-4-5-7-19(16)24(2)20(18)25/h4-8,10,12,18,23H,3,9,11,13-14H2,1-2H3. The number of fused-ring (bicyclic) bond motifs is 1. The molecule has 0 aliphatic carbocycles. The molecule has 2 aliphatic heterocycles. The lowest BCUT2D eigenvalue weighted by Crippen LogP contribution is -2.59. The summed E-state index contributed by atoms with van der Waals surface area (Å²) in [5, 5.41) is 3.60.